The van der Waals surface area contributed by atoms with Gasteiger partial charge in [0.1, 0.15) is 27.8 Å². The quantitative estimate of drug-likeness (QED) is 0.175. The van der Waals surface area contributed by atoms with E-state index in [9.17, 15) is 0 Å². The molecule has 0 bridgehead atoms. The van der Waals surface area contributed by atoms with Crippen molar-refractivity contribution in [2.75, 3.05) is 11.9 Å². The molecule has 4 aromatic carbocycles. The normalized spacial score (nSPS) is 12.6. The number of para-hydroxylation sites is 2. The van der Waals surface area contributed by atoms with Crippen molar-refractivity contribution in [2.24, 2.45) is 0 Å². The van der Waals surface area contributed by atoms with E-state index in [0.29, 0.717) is 17.7 Å². The van der Waals surface area contributed by atoms with E-state index in [2.05, 4.69) is 80.9 Å². The van der Waals surface area contributed by atoms with Crippen LogP contribution in [-0.2, 0) is 0 Å². The van der Waals surface area contributed by atoms with E-state index in [-0.39, 0.29) is 0 Å². The summed E-state index contributed by atoms with van der Waals surface area (Å²) in [4.78, 5) is 23.2. The van der Waals surface area contributed by atoms with Gasteiger partial charge in [-0.1, -0.05) is 60.7 Å². The lowest BCUT2D eigenvalue weighted by atomic mass is 9.88. The van der Waals surface area contributed by atoms with Crippen LogP contribution in [0.2, 0.25) is 0 Å². The van der Waals surface area contributed by atoms with Crippen molar-refractivity contribution in [3.8, 4) is 55.8 Å². The molecule has 0 fully saturated rings. The van der Waals surface area contributed by atoms with Crippen molar-refractivity contribution in [1.82, 2.24) is 24.9 Å². The van der Waals surface area contributed by atoms with Gasteiger partial charge in [-0.3, -0.25) is 24.9 Å². The second-order valence-electron chi connectivity index (χ2n) is 15.6. The van der Waals surface area contributed by atoms with Crippen molar-refractivity contribution in [2.45, 2.75) is 0 Å². The first kappa shape index (κ1) is 35.1. The molecule has 13 rings (SSSR count). The molecule has 0 radical (unpaired) electrons. The highest BCUT2D eigenvalue weighted by atomic mass is 16.3. The Morgan fingerprint density at radius 3 is 1.79 bits per heavy atom. The molecule has 9 heteroatoms. The monoisotopic (exact) mass is 812 g/mol. The summed E-state index contributed by atoms with van der Waals surface area (Å²) >= 11 is 0. The predicted octanol–water partition coefficient (Wildman–Crippen LogP) is 13.4. The summed E-state index contributed by atoms with van der Waals surface area (Å²) in [5.74, 6) is 0.756. The number of furan rings is 3. The summed E-state index contributed by atoms with van der Waals surface area (Å²) in [5.41, 5.74) is 17.7. The fourth-order valence-electron chi connectivity index (χ4n) is 9.20. The van der Waals surface area contributed by atoms with Crippen molar-refractivity contribution in [3.05, 3.63) is 188 Å². The Balaban J connectivity index is 1.04. The second-order valence-corrected chi connectivity index (χ2v) is 15.6. The molecule has 296 valence electrons. The molecule has 0 saturated carbocycles. The zero-order chi connectivity index (χ0) is 41.4. The largest absolute Gasteiger partial charge is 0.454 e. The van der Waals surface area contributed by atoms with Gasteiger partial charge in [-0.2, -0.15) is 0 Å². The molecule has 0 saturated heterocycles. The molecular formula is C54H32N6O3. The van der Waals surface area contributed by atoms with Crippen LogP contribution < -0.4 is 5.32 Å². The Labute approximate surface area is 359 Å². The Bertz CT molecular complexity index is 3800. The first-order valence-corrected chi connectivity index (χ1v) is 20.7. The number of pyridine rings is 5. The number of benzene rings is 4. The van der Waals surface area contributed by atoms with Gasteiger partial charge in [-0.15, -0.1) is 0 Å². The van der Waals surface area contributed by atoms with Gasteiger partial charge in [-0.25, -0.2) is 0 Å². The number of hydrogen-bond acceptors (Lipinski definition) is 9. The summed E-state index contributed by atoms with van der Waals surface area (Å²) in [6.45, 7) is 0.597. The highest BCUT2D eigenvalue weighted by molar-refractivity contribution is 6.14. The van der Waals surface area contributed by atoms with Gasteiger partial charge in [0.15, 0.2) is 16.9 Å². The van der Waals surface area contributed by atoms with Gasteiger partial charge in [-0.05, 0) is 89.5 Å². The Morgan fingerprint density at radius 2 is 1.11 bits per heavy atom. The van der Waals surface area contributed by atoms with E-state index in [4.69, 9.17) is 23.2 Å². The van der Waals surface area contributed by atoms with Crippen LogP contribution in [0.3, 0.4) is 0 Å². The fraction of sp³-hybridized carbons (Fsp3) is 0.0185. The van der Waals surface area contributed by atoms with E-state index in [0.717, 1.165) is 122 Å². The van der Waals surface area contributed by atoms with Crippen LogP contribution in [0.5, 0.6) is 0 Å². The molecule has 1 N–H and O–H groups in total. The van der Waals surface area contributed by atoms with E-state index in [1.165, 1.54) is 0 Å². The van der Waals surface area contributed by atoms with Gasteiger partial charge in [0, 0.05) is 111 Å². The summed E-state index contributed by atoms with van der Waals surface area (Å²) in [5, 5.41) is 6.51. The molecule has 1 aliphatic heterocycles. The summed E-state index contributed by atoms with van der Waals surface area (Å²) in [6.07, 6.45) is 15.0. The van der Waals surface area contributed by atoms with Gasteiger partial charge in [0.2, 0.25) is 0 Å². The first-order valence-electron chi connectivity index (χ1n) is 20.7. The lowest BCUT2D eigenvalue weighted by Crippen LogP contribution is -2.08. The van der Waals surface area contributed by atoms with E-state index >= 15 is 0 Å². The summed E-state index contributed by atoms with van der Waals surface area (Å²) in [6, 6.07) is 43.2. The molecule has 1 aliphatic rings. The Hall–Kier alpha value is -8.69. The molecule has 9 heterocycles. The molecule has 0 spiro atoms. The van der Waals surface area contributed by atoms with Gasteiger partial charge in [0.05, 0.1) is 11.4 Å². The topological polar surface area (TPSA) is 116 Å². The Morgan fingerprint density at radius 1 is 0.429 bits per heavy atom. The minimum Gasteiger partial charge on any atom is -0.454 e. The highest BCUT2D eigenvalue weighted by Crippen LogP contribution is 2.47. The van der Waals surface area contributed by atoms with Crippen molar-refractivity contribution in [3.63, 3.8) is 0 Å². The number of anilines is 1. The molecule has 8 aromatic heterocycles. The van der Waals surface area contributed by atoms with Gasteiger partial charge < -0.3 is 18.6 Å². The zero-order valence-corrected chi connectivity index (χ0v) is 33.4. The average molecular weight is 813 g/mol. The van der Waals surface area contributed by atoms with Gasteiger partial charge >= 0.3 is 0 Å². The van der Waals surface area contributed by atoms with Crippen LogP contribution in [0.15, 0.2) is 190 Å². The number of nitrogens with zero attached hydrogens (tertiary/aromatic N) is 5. The van der Waals surface area contributed by atoms with Gasteiger partial charge in [0.25, 0.3) is 0 Å². The SMILES string of the molecule is C1=C(c2cc(-c3ccnc4c3oc3c(-c5cccnc5)cccc34)ccc2-c2ccnc3c2oc2c(-c4cccnc4)cccc23)c2oc3ccc(-c4ccccn4)cc3c2NC1. The number of aromatic nitrogens is 5. The third-order valence-corrected chi connectivity index (χ3v) is 12.1. The molecule has 9 nitrogen and oxygen atoms in total. The average Bonchev–Trinajstić information content (AvgIpc) is 4.06. The molecule has 0 amide bonds. The van der Waals surface area contributed by atoms with Crippen LogP contribution in [0.25, 0.3) is 116 Å². The molecule has 0 aliphatic carbocycles. The minimum absolute atomic E-state index is 0.597. The van der Waals surface area contributed by atoms with Crippen LogP contribution in [-0.4, -0.2) is 31.5 Å². The maximum Gasteiger partial charge on any atom is 0.161 e. The standard InChI is InChI=1S/C54H32N6O3/c1-2-23-57-45(13-1)32-15-17-46-44(28-32)49-53(61-46)40(20-26-60-49)43-27-31(37-18-24-58-47-41-11-3-9-35(50(41)62-52(37)47)33-7-5-21-55-29-33)14-16-38(43)39-19-25-59-48-42-12-4-10-36(51(42)63-54(39)48)34-8-6-22-56-30-34/h1-25,27-30,60H,26H2. The zero-order valence-electron chi connectivity index (χ0n) is 33.4. The molecule has 0 unspecified atom stereocenters. The Kier molecular flexibility index (Phi) is 7.76. The number of fused-ring (bicyclic) bond motifs is 9. The van der Waals surface area contributed by atoms with Crippen LogP contribution in [0, 0.1) is 0 Å². The van der Waals surface area contributed by atoms with Crippen molar-refractivity contribution < 1.29 is 13.3 Å². The first-order chi connectivity index (χ1) is 31.2. The highest BCUT2D eigenvalue weighted by Gasteiger charge is 2.27. The van der Waals surface area contributed by atoms with Crippen LogP contribution >= 0.6 is 0 Å². The fourth-order valence-corrected chi connectivity index (χ4v) is 9.20. The summed E-state index contributed by atoms with van der Waals surface area (Å²) in [7, 11) is 0. The van der Waals surface area contributed by atoms with Crippen LogP contribution in [0.4, 0.5) is 5.69 Å². The van der Waals surface area contributed by atoms with Crippen molar-refractivity contribution in [1.29, 1.82) is 0 Å². The maximum absolute atomic E-state index is 6.91. The predicted molar refractivity (Wildman–Crippen MR) is 249 cm³/mol. The molecular weight excluding hydrogens is 781 g/mol. The van der Waals surface area contributed by atoms with Crippen molar-refractivity contribution >= 4 is 66.4 Å². The number of hydrogen-bond donors (Lipinski definition) is 1. The molecule has 63 heavy (non-hydrogen) atoms. The third-order valence-electron chi connectivity index (χ3n) is 12.1. The van der Waals surface area contributed by atoms with E-state index < -0.39 is 0 Å². The number of nitrogens with one attached hydrogen (secondary N) is 1. The third kappa shape index (κ3) is 5.53. The second kappa shape index (κ2) is 13.9. The lowest BCUT2D eigenvalue weighted by molar-refractivity contribution is 0.600. The minimum atomic E-state index is 0.597. The van der Waals surface area contributed by atoms with E-state index in [1.807, 2.05) is 104 Å². The smallest absolute Gasteiger partial charge is 0.161 e. The maximum atomic E-state index is 6.91. The van der Waals surface area contributed by atoms with E-state index in [1.54, 1.807) is 12.4 Å². The molecule has 0 atom stereocenters. The summed E-state index contributed by atoms with van der Waals surface area (Å²) < 4.78 is 20.6. The van der Waals surface area contributed by atoms with Crippen LogP contribution in [0.1, 0.15) is 11.3 Å². The number of rotatable bonds is 6. The lowest BCUT2D eigenvalue weighted by Gasteiger charge is -2.19. The molecule has 12 aromatic rings.